The minimum absolute atomic E-state index is 0. The summed E-state index contributed by atoms with van der Waals surface area (Å²) in [5, 5.41) is 0.924. The quantitative estimate of drug-likeness (QED) is 0.298. The Balaban J connectivity index is 0.00000450. The summed E-state index contributed by atoms with van der Waals surface area (Å²) in [5.74, 6) is 2.28. The summed E-state index contributed by atoms with van der Waals surface area (Å²) in [6, 6.07) is 9.22. The molecule has 0 unspecified atom stereocenters. The molecule has 0 aliphatic rings. The number of hydrogen-bond acceptors (Lipinski definition) is 5. The standard InChI is InChI=1S/C23H30O5P.Li/c1-6-7-8-9-12-28-17-10-11-21(16(2)13-17)29-23(24)22-19(26-4)14-18(25-3)15-20(22)27-5;/h10-11,13-15H,6-9,12H2,1-5H3;/q-1;+1. The van der Waals surface area contributed by atoms with Crippen molar-refractivity contribution in [2.45, 2.75) is 39.5 Å². The van der Waals surface area contributed by atoms with E-state index in [0.717, 1.165) is 29.6 Å². The largest absolute Gasteiger partial charge is 1.00 e. The van der Waals surface area contributed by atoms with Gasteiger partial charge in [-0.3, -0.25) is 0 Å². The molecule has 30 heavy (non-hydrogen) atoms. The second kappa shape index (κ2) is 13.6. The van der Waals surface area contributed by atoms with E-state index in [9.17, 15) is 4.79 Å². The van der Waals surface area contributed by atoms with Gasteiger partial charge in [-0.25, -0.2) is 0 Å². The maximum atomic E-state index is 13.0. The van der Waals surface area contributed by atoms with Crippen molar-refractivity contribution in [3.05, 3.63) is 41.5 Å². The Morgan fingerprint density at radius 3 is 2.10 bits per heavy atom. The van der Waals surface area contributed by atoms with Gasteiger partial charge in [0.15, 0.2) is 0 Å². The average molecular weight is 424 g/mol. The number of ether oxygens (including phenoxy) is 4. The smallest absolute Gasteiger partial charge is 0.496 e. The van der Waals surface area contributed by atoms with Crippen LogP contribution in [0.1, 0.15) is 48.5 Å². The Labute approximate surface area is 193 Å². The van der Waals surface area contributed by atoms with Crippen molar-refractivity contribution in [2.24, 2.45) is 0 Å². The van der Waals surface area contributed by atoms with Crippen molar-refractivity contribution in [3.8, 4) is 23.0 Å². The van der Waals surface area contributed by atoms with Crippen molar-refractivity contribution < 1.29 is 42.6 Å². The summed E-state index contributed by atoms with van der Waals surface area (Å²) in [5.41, 5.74) is 1.32. The number of aryl methyl sites for hydroxylation is 1. The maximum absolute atomic E-state index is 13.0. The molecular weight excluding hydrogens is 394 g/mol. The Morgan fingerprint density at radius 2 is 1.57 bits per heavy atom. The summed E-state index contributed by atoms with van der Waals surface area (Å²) < 4.78 is 21.9. The molecule has 2 rings (SSSR count). The van der Waals surface area contributed by atoms with Crippen LogP contribution in [-0.4, -0.2) is 33.5 Å². The van der Waals surface area contributed by atoms with Crippen LogP contribution in [0.4, 0.5) is 0 Å². The Bertz CT molecular complexity index is 800. The minimum Gasteiger partial charge on any atom is -0.496 e. The van der Waals surface area contributed by atoms with Gasteiger partial charge >= 0.3 is 18.9 Å². The first-order chi connectivity index (χ1) is 14.0. The molecule has 0 radical (unpaired) electrons. The SMILES string of the molecule is CCCCCCOc1ccc([P-]C(=O)c2c(OC)cc(OC)cc2OC)c(C)c1.[Li+]. The van der Waals surface area contributed by atoms with E-state index in [1.54, 1.807) is 19.2 Å². The molecule has 0 bridgehead atoms. The fraction of sp³-hybridized carbons (Fsp3) is 0.435. The topological polar surface area (TPSA) is 54.0 Å². The first kappa shape index (κ1) is 26.4. The molecule has 0 saturated heterocycles. The van der Waals surface area contributed by atoms with Gasteiger partial charge in [-0.1, -0.05) is 37.8 Å². The van der Waals surface area contributed by atoms with Gasteiger partial charge in [-0.15, -0.1) is 0 Å². The van der Waals surface area contributed by atoms with Gasteiger partial charge in [-0.05, 0) is 25.5 Å². The normalized spacial score (nSPS) is 10.6. The van der Waals surface area contributed by atoms with Crippen LogP contribution in [0.2, 0.25) is 0 Å². The van der Waals surface area contributed by atoms with Gasteiger partial charge in [-0.2, -0.15) is 5.30 Å². The van der Waals surface area contributed by atoms with Crippen LogP contribution in [0.25, 0.3) is 0 Å². The van der Waals surface area contributed by atoms with Crippen LogP contribution in [-0.2, 0) is 0 Å². The van der Waals surface area contributed by atoms with E-state index in [-0.39, 0.29) is 24.4 Å². The van der Waals surface area contributed by atoms with E-state index in [1.807, 2.05) is 25.1 Å². The first-order valence-electron chi connectivity index (χ1n) is 9.83. The zero-order valence-electron chi connectivity index (χ0n) is 18.9. The summed E-state index contributed by atoms with van der Waals surface area (Å²) in [4.78, 5) is 13.0. The molecule has 0 spiro atoms. The van der Waals surface area contributed by atoms with Crippen LogP contribution >= 0.6 is 8.58 Å². The van der Waals surface area contributed by atoms with Crippen molar-refractivity contribution in [3.63, 3.8) is 0 Å². The number of rotatable bonds is 12. The minimum atomic E-state index is -0.0994. The molecular formula is C23H30LiO5P. The molecule has 0 amide bonds. The van der Waals surface area contributed by atoms with Gasteiger partial charge in [0.05, 0.1) is 33.5 Å². The van der Waals surface area contributed by atoms with Gasteiger partial charge in [0.2, 0.25) is 0 Å². The third-order valence-corrected chi connectivity index (χ3v) is 5.76. The fourth-order valence-corrected chi connectivity index (χ4v) is 3.88. The summed E-state index contributed by atoms with van der Waals surface area (Å²) in [6.45, 7) is 4.90. The van der Waals surface area contributed by atoms with Gasteiger partial charge in [0, 0.05) is 17.7 Å². The van der Waals surface area contributed by atoms with Crippen LogP contribution in [0, 0.1) is 6.92 Å². The van der Waals surface area contributed by atoms with E-state index in [1.165, 1.54) is 33.5 Å². The molecule has 0 aliphatic carbocycles. The third kappa shape index (κ3) is 7.24. The van der Waals surface area contributed by atoms with E-state index < -0.39 is 0 Å². The molecule has 0 atom stereocenters. The molecule has 0 aromatic heterocycles. The Hall–Kier alpha value is -1.66. The number of unbranched alkanes of at least 4 members (excludes halogenated alkanes) is 3. The van der Waals surface area contributed by atoms with Crippen LogP contribution in [0.3, 0.4) is 0 Å². The first-order valence-corrected chi connectivity index (χ1v) is 10.7. The number of benzene rings is 2. The van der Waals surface area contributed by atoms with Gasteiger partial charge in [0.25, 0.3) is 0 Å². The molecule has 0 aliphatic heterocycles. The Morgan fingerprint density at radius 1 is 0.900 bits per heavy atom. The molecule has 2 aromatic rings. The fourth-order valence-electron chi connectivity index (χ4n) is 2.94. The molecule has 158 valence electrons. The summed E-state index contributed by atoms with van der Waals surface area (Å²) >= 11 is 0. The number of carbonyl (C=O) groups excluding carboxylic acids is 1. The van der Waals surface area contributed by atoms with Gasteiger partial charge < -0.3 is 32.3 Å². The van der Waals surface area contributed by atoms with Crippen molar-refractivity contribution in [1.29, 1.82) is 0 Å². The molecule has 5 nitrogen and oxygen atoms in total. The van der Waals surface area contributed by atoms with Crippen molar-refractivity contribution >= 4 is 19.4 Å². The zero-order chi connectivity index (χ0) is 21.2. The molecule has 2 aromatic carbocycles. The van der Waals surface area contributed by atoms with Gasteiger partial charge in [0.1, 0.15) is 23.0 Å². The van der Waals surface area contributed by atoms with Crippen LogP contribution in [0.15, 0.2) is 30.3 Å². The van der Waals surface area contributed by atoms with E-state index in [2.05, 4.69) is 6.92 Å². The monoisotopic (exact) mass is 424 g/mol. The second-order valence-electron chi connectivity index (χ2n) is 6.68. The third-order valence-electron chi connectivity index (χ3n) is 4.59. The molecule has 0 N–H and O–H groups in total. The molecule has 0 saturated carbocycles. The molecule has 7 heteroatoms. The van der Waals surface area contributed by atoms with E-state index in [0.29, 0.717) is 31.4 Å². The molecule has 0 heterocycles. The summed E-state index contributed by atoms with van der Waals surface area (Å²) in [7, 11) is 5.16. The van der Waals surface area contributed by atoms with Crippen molar-refractivity contribution in [2.75, 3.05) is 27.9 Å². The Kier molecular flexibility index (Phi) is 12.0. The van der Waals surface area contributed by atoms with E-state index >= 15 is 0 Å². The average Bonchev–Trinajstić information content (AvgIpc) is 2.74. The van der Waals surface area contributed by atoms with Crippen molar-refractivity contribution in [1.82, 2.24) is 0 Å². The molecule has 0 fully saturated rings. The maximum Gasteiger partial charge on any atom is 1.00 e. The number of carbonyl (C=O) groups is 1. The number of hydrogen-bond donors (Lipinski definition) is 0. The number of methoxy groups -OCH3 is 3. The predicted octanol–water partition coefficient (Wildman–Crippen LogP) is 2.40. The zero-order valence-corrected chi connectivity index (χ0v) is 19.8. The predicted molar refractivity (Wildman–Crippen MR) is 118 cm³/mol. The van der Waals surface area contributed by atoms with Crippen LogP contribution < -0.4 is 43.1 Å². The second-order valence-corrected chi connectivity index (χ2v) is 7.79. The van der Waals surface area contributed by atoms with Crippen LogP contribution in [0.5, 0.6) is 23.0 Å². The van der Waals surface area contributed by atoms with E-state index in [4.69, 9.17) is 18.9 Å². The summed E-state index contributed by atoms with van der Waals surface area (Å²) in [6.07, 6.45) is 4.69.